The minimum atomic E-state index is -0.504. The fourth-order valence-electron chi connectivity index (χ4n) is 4.32. The lowest BCUT2D eigenvalue weighted by Gasteiger charge is -2.30. The van der Waals surface area contributed by atoms with Gasteiger partial charge in [-0.15, -0.1) is 0 Å². The number of nitrogens with zero attached hydrogens (tertiary/aromatic N) is 2. The van der Waals surface area contributed by atoms with Crippen molar-refractivity contribution in [2.45, 2.75) is 57.4 Å². The Kier molecular flexibility index (Phi) is 6.32. The number of piperidine rings is 1. The smallest absolute Gasteiger partial charge is 0.309 e. The summed E-state index contributed by atoms with van der Waals surface area (Å²) in [4.78, 5) is 31.0. The van der Waals surface area contributed by atoms with Crippen molar-refractivity contribution in [1.29, 1.82) is 0 Å². The first kappa shape index (κ1) is 19.7. The van der Waals surface area contributed by atoms with Crippen molar-refractivity contribution in [3.05, 3.63) is 24.3 Å². The van der Waals surface area contributed by atoms with Crippen LogP contribution in [-0.4, -0.2) is 42.5 Å². The Labute approximate surface area is 171 Å². The summed E-state index contributed by atoms with van der Waals surface area (Å²) in [5.74, 6) is -0.623. The van der Waals surface area contributed by atoms with Gasteiger partial charge in [-0.2, -0.15) is 4.98 Å². The van der Waals surface area contributed by atoms with Crippen LogP contribution in [0.5, 0.6) is 0 Å². The summed E-state index contributed by atoms with van der Waals surface area (Å²) in [5, 5.41) is 5.73. The van der Waals surface area contributed by atoms with Crippen LogP contribution in [0.4, 0.5) is 6.01 Å². The number of nitrogens with one attached hydrogen (secondary N) is 2. The van der Waals surface area contributed by atoms with Gasteiger partial charge in [-0.25, -0.2) is 0 Å². The van der Waals surface area contributed by atoms with E-state index in [0.717, 1.165) is 62.7 Å². The molecular weight excluding hydrogens is 368 g/mol. The first-order chi connectivity index (χ1) is 14.2. The molecule has 156 valence electrons. The molecule has 29 heavy (non-hydrogen) atoms. The molecule has 1 aromatic carbocycles. The van der Waals surface area contributed by atoms with Crippen LogP contribution in [0.2, 0.25) is 0 Å². The number of carbonyl (C=O) groups is 2. The second kappa shape index (κ2) is 9.29. The van der Waals surface area contributed by atoms with E-state index in [1.54, 1.807) is 0 Å². The maximum Gasteiger partial charge on any atom is 0.309 e. The fraction of sp³-hybridized carbons (Fsp3) is 0.591. The lowest BCUT2D eigenvalue weighted by molar-refractivity contribution is -0.139. The molecule has 7 nitrogen and oxygen atoms in total. The SMILES string of the molecule is O=C(NCC1CCN(c2nc3ccccc3o2)CC1)C(=O)NC1CCCCCC1. The van der Waals surface area contributed by atoms with Gasteiger partial charge in [0.25, 0.3) is 6.01 Å². The van der Waals surface area contributed by atoms with Crippen molar-refractivity contribution in [2.75, 3.05) is 24.5 Å². The zero-order chi connectivity index (χ0) is 20.1. The maximum absolute atomic E-state index is 12.2. The standard InChI is InChI=1S/C22H30N4O3/c27-20(21(28)24-17-7-3-1-2-4-8-17)23-15-16-11-13-26(14-12-16)22-25-18-9-5-6-10-19(18)29-22/h5-6,9-10,16-17H,1-4,7-8,11-15H2,(H,23,27)(H,24,28). The zero-order valence-electron chi connectivity index (χ0n) is 16.9. The molecule has 1 saturated carbocycles. The van der Waals surface area contributed by atoms with E-state index in [0.29, 0.717) is 18.5 Å². The summed E-state index contributed by atoms with van der Waals surface area (Å²) in [7, 11) is 0. The number of aromatic nitrogens is 1. The summed E-state index contributed by atoms with van der Waals surface area (Å²) in [6.07, 6.45) is 8.53. The number of fused-ring (bicyclic) bond motifs is 1. The highest BCUT2D eigenvalue weighted by molar-refractivity contribution is 6.35. The number of carbonyl (C=O) groups excluding carboxylic acids is 2. The van der Waals surface area contributed by atoms with Crippen LogP contribution in [0.1, 0.15) is 51.4 Å². The number of hydrogen-bond donors (Lipinski definition) is 2. The van der Waals surface area contributed by atoms with Crippen molar-refractivity contribution in [3.8, 4) is 0 Å². The highest BCUT2D eigenvalue weighted by Gasteiger charge is 2.25. The average Bonchev–Trinajstić information content (AvgIpc) is 3.02. The minimum Gasteiger partial charge on any atom is -0.423 e. The van der Waals surface area contributed by atoms with Gasteiger partial charge in [-0.1, -0.05) is 37.8 Å². The Morgan fingerprint density at radius 2 is 1.72 bits per heavy atom. The Hall–Kier alpha value is -2.57. The molecular formula is C22H30N4O3. The Morgan fingerprint density at radius 3 is 2.45 bits per heavy atom. The van der Waals surface area contributed by atoms with E-state index in [-0.39, 0.29) is 6.04 Å². The fourth-order valence-corrected chi connectivity index (χ4v) is 4.32. The number of oxazole rings is 1. The highest BCUT2D eigenvalue weighted by Crippen LogP contribution is 2.26. The Balaban J connectivity index is 1.20. The average molecular weight is 399 g/mol. The molecule has 4 rings (SSSR count). The number of hydrogen-bond acceptors (Lipinski definition) is 5. The lowest BCUT2D eigenvalue weighted by Crippen LogP contribution is -2.46. The van der Waals surface area contributed by atoms with Crippen LogP contribution in [0, 0.1) is 5.92 Å². The van der Waals surface area contributed by atoms with E-state index in [9.17, 15) is 9.59 Å². The maximum atomic E-state index is 12.2. The normalized spacial score (nSPS) is 19.1. The van der Waals surface area contributed by atoms with Gasteiger partial charge in [-0.3, -0.25) is 9.59 Å². The van der Waals surface area contributed by atoms with Gasteiger partial charge < -0.3 is 20.0 Å². The Morgan fingerprint density at radius 1 is 1.00 bits per heavy atom. The molecule has 1 aromatic heterocycles. The Bertz CT molecular complexity index is 800. The summed E-state index contributed by atoms with van der Waals surface area (Å²) >= 11 is 0. The van der Waals surface area contributed by atoms with Crippen LogP contribution in [0.25, 0.3) is 11.1 Å². The predicted octanol–water partition coefficient (Wildman–Crippen LogP) is 3.00. The second-order valence-corrected chi connectivity index (χ2v) is 8.27. The third kappa shape index (κ3) is 5.08. The van der Waals surface area contributed by atoms with Crippen molar-refractivity contribution in [3.63, 3.8) is 0 Å². The zero-order valence-corrected chi connectivity index (χ0v) is 16.9. The molecule has 2 aliphatic rings. The molecule has 2 amide bonds. The minimum absolute atomic E-state index is 0.148. The van der Waals surface area contributed by atoms with E-state index < -0.39 is 11.8 Å². The third-order valence-electron chi connectivity index (χ3n) is 6.12. The molecule has 2 N–H and O–H groups in total. The molecule has 0 spiro atoms. The molecule has 7 heteroatoms. The molecule has 1 aliphatic heterocycles. The summed E-state index contributed by atoms with van der Waals surface area (Å²) in [6, 6.07) is 8.58. The van der Waals surface area contributed by atoms with E-state index in [1.165, 1.54) is 12.8 Å². The largest absolute Gasteiger partial charge is 0.423 e. The molecule has 2 aromatic rings. The predicted molar refractivity (Wildman–Crippen MR) is 112 cm³/mol. The molecule has 0 radical (unpaired) electrons. The monoisotopic (exact) mass is 398 g/mol. The number of benzene rings is 1. The van der Waals surface area contributed by atoms with Gasteiger partial charge in [0, 0.05) is 25.7 Å². The number of amides is 2. The molecule has 2 heterocycles. The van der Waals surface area contributed by atoms with Gasteiger partial charge in [0.05, 0.1) is 0 Å². The van der Waals surface area contributed by atoms with Gasteiger partial charge in [0.1, 0.15) is 5.52 Å². The van der Waals surface area contributed by atoms with Crippen LogP contribution in [0.15, 0.2) is 28.7 Å². The summed E-state index contributed by atoms with van der Waals surface area (Å²) in [5.41, 5.74) is 1.67. The van der Waals surface area contributed by atoms with Crippen molar-refractivity contribution >= 4 is 28.9 Å². The molecule has 1 saturated heterocycles. The van der Waals surface area contributed by atoms with Crippen LogP contribution < -0.4 is 15.5 Å². The molecule has 0 unspecified atom stereocenters. The van der Waals surface area contributed by atoms with E-state index >= 15 is 0 Å². The highest BCUT2D eigenvalue weighted by atomic mass is 16.4. The van der Waals surface area contributed by atoms with Crippen molar-refractivity contribution in [1.82, 2.24) is 15.6 Å². The lowest BCUT2D eigenvalue weighted by atomic mass is 9.97. The molecule has 0 bridgehead atoms. The number of rotatable bonds is 4. The third-order valence-corrected chi connectivity index (χ3v) is 6.12. The van der Waals surface area contributed by atoms with E-state index in [4.69, 9.17) is 4.42 Å². The molecule has 2 fully saturated rings. The second-order valence-electron chi connectivity index (χ2n) is 8.27. The quantitative estimate of drug-likeness (QED) is 0.611. The first-order valence-corrected chi connectivity index (χ1v) is 10.9. The van der Waals surface area contributed by atoms with E-state index in [1.807, 2.05) is 24.3 Å². The summed E-state index contributed by atoms with van der Waals surface area (Å²) in [6.45, 7) is 2.21. The topological polar surface area (TPSA) is 87.5 Å². The van der Waals surface area contributed by atoms with Gasteiger partial charge >= 0.3 is 11.8 Å². The molecule has 0 atom stereocenters. The first-order valence-electron chi connectivity index (χ1n) is 10.9. The van der Waals surface area contributed by atoms with Crippen LogP contribution in [-0.2, 0) is 9.59 Å². The number of para-hydroxylation sites is 2. The van der Waals surface area contributed by atoms with Gasteiger partial charge in [0.2, 0.25) is 0 Å². The van der Waals surface area contributed by atoms with Crippen LogP contribution >= 0.6 is 0 Å². The number of anilines is 1. The summed E-state index contributed by atoms with van der Waals surface area (Å²) < 4.78 is 5.85. The van der Waals surface area contributed by atoms with Gasteiger partial charge in [-0.05, 0) is 43.7 Å². The molecule has 1 aliphatic carbocycles. The van der Waals surface area contributed by atoms with Crippen LogP contribution in [0.3, 0.4) is 0 Å². The van der Waals surface area contributed by atoms with Crippen molar-refractivity contribution < 1.29 is 14.0 Å². The van der Waals surface area contributed by atoms with Crippen molar-refractivity contribution in [2.24, 2.45) is 5.92 Å². The van der Waals surface area contributed by atoms with Gasteiger partial charge in [0.15, 0.2) is 5.58 Å². The van der Waals surface area contributed by atoms with E-state index in [2.05, 4.69) is 20.5 Å².